The Morgan fingerprint density at radius 1 is 1.13 bits per heavy atom. The standard InChI is InChI=1S/C17H19N3O3/c21-16(15-6-2-11-23-15)19-14-5-1-4-13(12-14)17(22)20-9-3-7-18-8-10-20/h1-2,4-6,11-12,18H,3,7-10H2,(H,19,21). The van der Waals surface area contributed by atoms with Gasteiger partial charge in [-0.05, 0) is 43.3 Å². The first-order chi connectivity index (χ1) is 11.2. The molecule has 3 rings (SSSR count). The number of nitrogens with zero attached hydrogens (tertiary/aromatic N) is 1. The van der Waals surface area contributed by atoms with Crippen molar-refractivity contribution in [1.82, 2.24) is 10.2 Å². The van der Waals surface area contributed by atoms with Crippen LogP contribution in [0.4, 0.5) is 5.69 Å². The molecule has 6 nitrogen and oxygen atoms in total. The third-order valence-corrected chi connectivity index (χ3v) is 3.74. The summed E-state index contributed by atoms with van der Waals surface area (Å²) >= 11 is 0. The van der Waals surface area contributed by atoms with E-state index in [0.29, 0.717) is 17.8 Å². The molecule has 0 saturated carbocycles. The summed E-state index contributed by atoms with van der Waals surface area (Å²) in [6.45, 7) is 3.18. The van der Waals surface area contributed by atoms with Crippen molar-refractivity contribution in [2.45, 2.75) is 6.42 Å². The summed E-state index contributed by atoms with van der Waals surface area (Å²) in [6, 6.07) is 10.2. The molecule has 1 aromatic heterocycles. The van der Waals surface area contributed by atoms with E-state index in [1.54, 1.807) is 36.4 Å². The SMILES string of the molecule is O=C(Nc1cccc(C(=O)N2CCCNCC2)c1)c1ccco1. The molecule has 1 saturated heterocycles. The predicted octanol–water partition coefficient (Wildman–Crippen LogP) is 1.97. The molecule has 2 heterocycles. The number of anilines is 1. The topological polar surface area (TPSA) is 74.6 Å². The lowest BCUT2D eigenvalue weighted by Crippen LogP contribution is -2.34. The van der Waals surface area contributed by atoms with Gasteiger partial charge in [0, 0.05) is 30.9 Å². The van der Waals surface area contributed by atoms with Crippen LogP contribution in [0.3, 0.4) is 0 Å². The van der Waals surface area contributed by atoms with E-state index >= 15 is 0 Å². The summed E-state index contributed by atoms with van der Waals surface area (Å²) in [5.41, 5.74) is 1.15. The summed E-state index contributed by atoms with van der Waals surface area (Å²) in [4.78, 5) is 26.4. The highest BCUT2D eigenvalue weighted by atomic mass is 16.3. The Labute approximate surface area is 134 Å². The van der Waals surface area contributed by atoms with Gasteiger partial charge in [-0.15, -0.1) is 0 Å². The molecule has 2 amide bonds. The van der Waals surface area contributed by atoms with E-state index in [2.05, 4.69) is 10.6 Å². The van der Waals surface area contributed by atoms with Gasteiger partial charge < -0.3 is 20.0 Å². The molecule has 1 fully saturated rings. The smallest absolute Gasteiger partial charge is 0.291 e. The number of hydrogen-bond donors (Lipinski definition) is 2. The second-order valence-corrected chi connectivity index (χ2v) is 5.41. The van der Waals surface area contributed by atoms with Crippen LogP contribution in [0.1, 0.15) is 27.3 Å². The van der Waals surface area contributed by atoms with Crippen LogP contribution in [0.15, 0.2) is 47.1 Å². The highest BCUT2D eigenvalue weighted by Crippen LogP contribution is 2.15. The fraction of sp³-hybridized carbons (Fsp3) is 0.294. The highest BCUT2D eigenvalue weighted by Gasteiger charge is 2.17. The van der Waals surface area contributed by atoms with E-state index in [-0.39, 0.29) is 17.6 Å². The zero-order valence-electron chi connectivity index (χ0n) is 12.7. The third kappa shape index (κ3) is 3.78. The Kier molecular flexibility index (Phi) is 4.73. The minimum Gasteiger partial charge on any atom is -0.459 e. The number of carbonyl (C=O) groups is 2. The lowest BCUT2D eigenvalue weighted by Gasteiger charge is -2.20. The Bertz CT molecular complexity index is 674. The van der Waals surface area contributed by atoms with Gasteiger partial charge in [0.2, 0.25) is 0 Å². The maximum atomic E-state index is 12.6. The van der Waals surface area contributed by atoms with Crippen LogP contribution in [0.25, 0.3) is 0 Å². The predicted molar refractivity (Wildman–Crippen MR) is 86.5 cm³/mol. The molecule has 0 bridgehead atoms. The van der Waals surface area contributed by atoms with Crippen molar-refractivity contribution in [2.75, 3.05) is 31.5 Å². The number of furan rings is 1. The molecule has 120 valence electrons. The number of carbonyl (C=O) groups excluding carboxylic acids is 2. The van der Waals surface area contributed by atoms with E-state index < -0.39 is 0 Å². The van der Waals surface area contributed by atoms with E-state index in [0.717, 1.165) is 26.1 Å². The van der Waals surface area contributed by atoms with Crippen LogP contribution < -0.4 is 10.6 Å². The summed E-state index contributed by atoms with van der Waals surface area (Å²) in [5, 5.41) is 6.01. The molecular formula is C17H19N3O3. The molecule has 0 radical (unpaired) electrons. The molecule has 23 heavy (non-hydrogen) atoms. The van der Waals surface area contributed by atoms with Gasteiger partial charge in [-0.3, -0.25) is 9.59 Å². The number of amides is 2. The minimum absolute atomic E-state index is 0.0113. The fourth-order valence-electron chi connectivity index (χ4n) is 2.56. The molecule has 2 aromatic rings. The Balaban J connectivity index is 1.71. The zero-order valence-corrected chi connectivity index (χ0v) is 12.7. The molecule has 1 aromatic carbocycles. The Morgan fingerprint density at radius 2 is 2.04 bits per heavy atom. The fourth-order valence-corrected chi connectivity index (χ4v) is 2.56. The van der Waals surface area contributed by atoms with Crippen molar-refractivity contribution < 1.29 is 14.0 Å². The van der Waals surface area contributed by atoms with Gasteiger partial charge in [0.15, 0.2) is 5.76 Å². The normalized spacial score (nSPS) is 15.0. The molecule has 1 aliphatic heterocycles. The largest absolute Gasteiger partial charge is 0.459 e. The van der Waals surface area contributed by atoms with Gasteiger partial charge in [0.1, 0.15) is 0 Å². The van der Waals surface area contributed by atoms with Crippen LogP contribution in [0.5, 0.6) is 0 Å². The van der Waals surface area contributed by atoms with E-state index in [9.17, 15) is 9.59 Å². The third-order valence-electron chi connectivity index (χ3n) is 3.74. The van der Waals surface area contributed by atoms with Gasteiger partial charge in [0.25, 0.3) is 11.8 Å². The summed E-state index contributed by atoms with van der Waals surface area (Å²) < 4.78 is 5.06. The van der Waals surface area contributed by atoms with Crippen molar-refractivity contribution in [3.05, 3.63) is 54.0 Å². The van der Waals surface area contributed by atoms with Crippen molar-refractivity contribution in [3.63, 3.8) is 0 Å². The van der Waals surface area contributed by atoms with Crippen LogP contribution in [0.2, 0.25) is 0 Å². The van der Waals surface area contributed by atoms with Crippen LogP contribution in [-0.2, 0) is 0 Å². The van der Waals surface area contributed by atoms with Crippen molar-refractivity contribution >= 4 is 17.5 Å². The zero-order chi connectivity index (χ0) is 16.1. The molecule has 0 spiro atoms. The molecular weight excluding hydrogens is 294 g/mol. The van der Waals surface area contributed by atoms with Gasteiger partial charge >= 0.3 is 0 Å². The summed E-state index contributed by atoms with van der Waals surface area (Å²) in [5.74, 6) is -0.110. The van der Waals surface area contributed by atoms with Crippen molar-refractivity contribution in [1.29, 1.82) is 0 Å². The van der Waals surface area contributed by atoms with Gasteiger partial charge in [-0.2, -0.15) is 0 Å². The van der Waals surface area contributed by atoms with E-state index in [1.807, 2.05) is 4.90 Å². The molecule has 1 aliphatic rings. The van der Waals surface area contributed by atoms with Crippen molar-refractivity contribution in [3.8, 4) is 0 Å². The summed E-state index contributed by atoms with van der Waals surface area (Å²) in [6.07, 6.45) is 2.39. The van der Waals surface area contributed by atoms with E-state index in [1.165, 1.54) is 6.26 Å². The molecule has 2 N–H and O–H groups in total. The van der Waals surface area contributed by atoms with Crippen LogP contribution >= 0.6 is 0 Å². The highest BCUT2D eigenvalue weighted by molar-refractivity contribution is 6.03. The molecule has 0 unspecified atom stereocenters. The molecule has 6 heteroatoms. The second-order valence-electron chi connectivity index (χ2n) is 5.41. The Hall–Kier alpha value is -2.60. The van der Waals surface area contributed by atoms with Crippen molar-refractivity contribution in [2.24, 2.45) is 0 Å². The Morgan fingerprint density at radius 3 is 2.87 bits per heavy atom. The molecule has 0 atom stereocenters. The van der Waals surface area contributed by atoms with Gasteiger partial charge in [0.05, 0.1) is 6.26 Å². The minimum atomic E-state index is -0.335. The first-order valence-corrected chi connectivity index (χ1v) is 7.69. The maximum absolute atomic E-state index is 12.6. The van der Waals surface area contributed by atoms with Crippen LogP contribution in [-0.4, -0.2) is 42.9 Å². The maximum Gasteiger partial charge on any atom is 0.291 e. The number of hydrogen-bond acceptors (Lipinski definition) is 4. The quantitative estimate of drug-likeness (QED) is 0.908. The second kappa shape index (κ2) is 7.11. The van der Waals surface area contributed by atoms with Crippen LogP contribution in [0, 0.1) is 0 Å². The first-order valence-electron chi connectivity index (χ1n) is 7.69. The summed E-state index contributed by atoms with van der Waals surface area (Å²) in [7, 11) is 0. The number of nitrogens with one attached hydrogen (secondary N) is 2. The number of benzene rings is 1. The lowest BCUT2D eigenvalue weighted by molar-refractivity contribution is 0.0766. The number of rotatable bonds is 3. The van der Waals surface area contributed by atoms with Gasteiger partial charge in [-0.25, -0.2) is 0 Å². The average molecular weight is 313 g/mol. The van der Waals surface area contributed by atoms with E-state index in [4.69, 9.17) is 4.42 Å². The van der Waals surface area contributed by atoms with Gasteiger partial charge in [-0.1, -0.05) is 6.07 Å². The first kappa shape index (κ1) is 15.3. The molecule has 0 aliphatic carbocycles. The average Bonchev–Trinajstić information content (AvgIpc) is 2.97. The lowest BCUT2D eigenvalue weighted by atomic mass is 10.1. The monoisotopic (exact) mass is 313 g/mol.